The molecule has 1 aromatic carbocycles. The molecule has 2 aromatic heterocycles. The summed E-state index contributed by atoms with van der Waals surface area (Å²) >= 11 is 0. The van der Waals surface area contributed by atoms with Crippen LogP contribution in [0.3, 0.4) is 0 Å². The average molecular weight is 319 g/mol. The molecule has 0 unspecified atom stereocenters. The predicted molar refractivity (Wildman–Crippen MR) is 93.7 cm³/mol. The third kappa shape index (κ3) is 2.31. The van der Waals surface area contributed by atoms with Crippen molar-refractivity contribution in [3.63, 3.8) is 0 Å². The minimum Gasteiger partial charge on any atom is -0.327 e. The monoisotopic (exact) mass is 319 g/mol. The molecule has 3 heterocycles. The van der Waals surface area contributed by atoms with E-state index >= 15 is 0 Å². The van der Waals surface area contributed by atoms with Crippen LogP contribution >= 0.6 is 0 Å². The summed E-state index contributed by atoms with van der Waals surface area (Å²) in [4.78, 5) is 16.2. The van der Waals surface area contributed by atoms with Gasteiger partial charge in [0.05, 0.1) is 22.9 Å². The Morgan fingerprint density at radius 2 is 2.00 bits per heavy atom. The van der Waals surface area contributed by atoms with Crippen molar-refractivity contribution in [1.29, 1.82) is 0 Å². The molecule has 0 bridgehead atoms. The van der Waals surface area contributed by atoms with Crippen LogP contribution in [0.5, 0.6) is 0 Å². The number of hydrogen-bond acceptors (Lipinski definition) is 4. The van der Waals surface area contributed by atoms with E-state index in [1.807, 2.05) is 6.20 Å². The third-order valence-corrected chi connectivity index (χ3v) is 5.51. The van der Waals surface area contributed by atoms with E-state index in [1.54, 1.807) is 12.4 Å². The van der Waals surface area contributed by atoms with Crippen LogP contribution in [0.25, 0.3) is 22.3 Å². The van der Waals surface area contributed by atoms with Crippen molar-refractivity contribution in [2.24, 2.45) is 0 Å². The molecule has 1 saturated carbocycles. The van der Waals surface area contributed by atoms with Gasteiger partial charge in [0.2, 0.25) is 0 Å². The first-order valence-electron chi connectivity index (χ1n) is 8.88. The molecule has 0 N–H and O–H groups in total. The lowest BCUT2D eigenvalue weighted by atomic mass is 9.91. The van der Waals surface area contributed by atoms with Gasteiger partial charge < -0.3 is 4.57 Å². The summed E-state index contributed by atoms with van der Waals surface area (Å²) in [7, 11) is 0. The Balaban J connectivity index is 1.51. The molecule has 122 valence electrons. The lowest BCUT2D eigenvalue weighted by molar-refractivity contribution is 0.130. The molecule has 0 amide bonds. The standard InChI is InChI=1S/C19H21N5/c1-2-15(3-1)23-9-6-19-22-16-5-4-14(17-13-20-7-8-21-17)12-18(16)24(19)11-10-23/h4-5,7-8,12-13,15H,1-3,6,9-11H2. The first kappa shape index (κ1) is 14.1. The SMILES string of the molecule is c1cnc(-c2ccc3nc4n(c3c2)CCN(C2CCC2)CC4)cn1. The van der Waals surface area contributed by atoms with Gasteiger partial charge >= 0.3 is 0 Å². The smallest absolute Gasteiger partial charge is 0.111 e. The van der Waals surface area contributed by atoms with Gasteiger partial charge in [-0.25, -0.2) is 4.98 Å². The Kier molecular flexibility index (Phi) is 3.33. The van der Waals surface area contributed by atoms with Crippen molar-refractivity contribution in [2.45, 2.75) is 38.3 Å². The van der Waals surface area contributed by atoms with Gasteiger partial charge in [0.1, 0.15) is 5.82 Å². The van der Waals surface area contributed by atoms with Crippen LogP contribution in [-0.4, -0.2) is 43.6 Å². The highest BCUT2D eigenvalue weighted by Gasteiger charge is 2.27. The average Bonchev–Trinajstić information content (AvgIpc) is 2.80. The van der Waals surface area contributed by atoms with Crippen LogP contribution in [-0.2, 0) is 13.0 Å². The normalized spacial score (nSPS) is 19.0. The molecular formula is C19H21N5. The van der Waals surface area contributed by atoms with Crippen molar-refractivity contribution >= 4 is 11.0 Å². The van der Waals surface area contributed by atoms with E-state index in [4.69, 9.17) is 4.98 Å². The highest BCUT2D eigenvalue weighted by Crippen LogP contribution is 2.28. The summed E-state index contributed by atoms with van der Waals surface area (Å²) in [6.45, 7) is 3.32. The summed E-state index contributed by atoms with van der Waals surface area (Å²) in [6, 6.07) is 7.25. The number of benzene rings is 1. The van der Waals surface area contributed by atoms with Crippen LogP contribution < -0.4 is 0 Å². The summed E-state index contributed by atoms with van der Waals surface area (Å²) in [5, 5.41) is 0. The third-order valence-electron chi connectivity index (χ3n) is 5.51. The fraction of sp³-hybridized carbons (Fsp3) is 0.421. The molecule has 2 aliphatic rings. The Bertz CT molecular complexity index is 866. The first-order chi connectivity index (χ1) is 11.9. The van der Waals surface area contributed by atoms with Crippen LogP contribution in [0, 0.1) is 0 Å². The number of imidazole rings is 1. The number of nitrogens with zero attached hydrogens (tertiary/aromatic N) is 5. The fourth-order valence-electron chi connectivity index (χ4n) is 3.92. The van der Waals surface area contributed by atoms with Gasteiger partial charge in [0.25, 0.3) is 0 Å². The number of hydrogen-bond donors (Lipinski definition) is 0. The zero-order valence-electron chi connectivity index (χ0n) is 13.7. The predicted octanol–water partition coefficient (Wildman–Crippen LogP) is 2.90. The van der Waals surface area contributed by atoms with Gasteiger partial charge in [-0.2, -0.15) is 0 Å². The lowest BCUT2D eigenvalue weighted by Crippen LogP contribution is -2.41. The van der Waals surface area contributed by atoms with Gasteiger partial charge in [-0.3, -0.25) is 14.9 Å². The summed E-state index contributed by atoms with van der Waals surface area (Å²) in [5.74, 6) is 1.23. The highest BCUT2D eigenvalue weighted by molar-refractivity contribution is 5.81. The van der Waals surface area contributed by atoms with Gasteiger partial charge in [0.15, 0.2) is 0 Å². The van der Waals surface area contributed by atoms with E-state index in [9.17, 15) is 0 Å². The molecule has 24 heavy (non-hydrogen) atoms. The first-order valence-corrected chi connectivity index (χ1v) is 8.88. The Morgan fingerprint density at radius 3 is 2.79 bits per heavy atom. The molecule has 1 fully saturated rings. The highest BCUT2D eigenvalue weighted by atomic mass is 15.2. The van der Waals surface area contributed by atoms with Crippen LogP contribution in [0.2, 0.25) is 0 Å². The second-order valence-electron chi connectivity index (χ2n) is 6.84. The number of aromatic nitrogens is 4. The van der Waals surface area contributed by atoms with Crippen LogP contribution in [0.4, 0.5) is 0 Å². The van der Waals surface area contributed by atoms with Crippen molar-refractivity contribution in [3.8, 4) is 11.3 Å². The number of fused-ring (bicyclic) bond motifs is 3. The van der Waals surface area contributed by atoms with Crippen molar-refractivity contribution < 1.29 is 0 Å². The summed E-state index contributed by atoms with van der Waals surface area (Å²) in [6.07, 6.45) is 10.5. The van der Waals surface area contributed by atoms with E-state index in [0.29, 0.717) is 0 Å². The van der Waals surface area contributed by atoms with Gasteiger partial charge in [-0.15, -0.1) is 0 Å². The summed E-state index contributed by atoms with van der Waals surface area (Å²) in [5.41, 5.74) is 4.34. The second kappa shape index (κ2) is 5.67. The molecule has 5 heteroatoms. The van der Waals surface area contributed by atoms with Crippen LogP contribution in [0.15, 0.2) is 36.8 Å². The Morgan fingerprint density at radius 1 is 1.04 bits per heavy atom. The molecule has 5 nitrogen and oxygen atoms in total. The molecule has 0 radical (unpaired) electrons. The zero-order valence-corrected chi connectivity index (χ0v) is 13.7. The Hall–Kier alpha value is -2.27. The van der Waals surface area contributed by atoms with Gasteiger partial charge in [-0.1, -0.05) is 12.5 Å². The molecule has 1 aliphatic carbocycles. The topological polar surface area (TPSA) is 46.8 Å². The molecule has 1 aliphatic heterocycles. The van der Waals surface area contributed by atoms with E-state index in [0.717, 1.165) is 48.9 Å². The fourth-order valence-corrected chi connectivity index (χ4v) is 3.92. The maximum Gasteiger partial charge on any atom is 0.111 e. The van der Waals surface area contributed by atoms with E-state index in [2.05, 4.69) is 37.6 Å². The van der Waals surface area contributed by atoms with E-state index in [1.165, 1.54) is 30.6 Å². The zero-order chi connectivity index (χ0) is 15.9. The van der Waals surface area contributed by atoms with Crippen LogP contribution in [0.1, 0.15) is 25.1 Å². The molecule has 0 saturated heterocycles. The minimum atomic E-state index is 0.816. The molecule has 0 atom stereocenters. The van der Waals surface area contributed by atoms with Crippen molar-refractivity contribution in [2.75, 3.05) is 13.1 Å². The Labute approximate surface area is 141 Å². The molecule has 3 aromatic rings. The van der Waals surface area contributed by atoms with Gasteiger partial charge in [-0.05, 0) is 25.0 Å². The maximum atomic E-state index is 4.89. The quantitative estimate of drug-likeness (QED) is 0.729. The van der Waals surface area contributed by atoms with E-state index < -0.39 is 0 Å². The molecule has 0 spiro atoms. The maximum absolute atomic E-state index is 4.89. The lowest BCUT2D eigenvalue weighted by Gasteiger charge is -2.36. The number of rotatable bonds is 2. The molecular weight excluding hydrogens is 298 g/mol. The van der Waals surface area contributed by atoms with Crippen molar-refractivity contribution in [3.05, 3.63) is 42.6 Å². The van der Waals surface area contributed by atoms with Crippen molar-refractivity contribution in [1.82, 2.24) is 24.4 Å². The summed E-state index contributed by atoms with van der Waals surface area (Å²) < 4.78 is 2.41. The largest absolute Gasteiger partial charge is 0.327 e. The van der Waals surface area contributed by atoms with E-state index in [-0.39, 0.29) is 0 Å². The second-order valence-corrected chi connectivity index (χ2v) is 6.84. The molecule has 5 rings (SSSR count). The van der Waals surface area contributed by atoms with Gasteiger partial charge in [0, 0.05) is 50.1 Å². The minimum absolute atomic E-state index is 0.816.